The van der Waals surface area contributed by atoms with Crippen molar-refractivity contribution in [2.24, 2.45) is 5.16 Å². The Morgan fingerprint density at radius 3 is 2.05 bits per heavy atom. The van der Waals surface area contributed by atoms with E-state index >= 15 is 0 Å². The molecule has 1 saturated heterocycles. The SMILES string of the molecule is CCCCCC/C(=N\OC(C)=O)C(=O)c1ccc(Sc2ccc(C(=O)C(C)(C)N3CCOCC3)cc2)cc1. The molecule has 0 radical (unpaired) electrons. The first-order valence-electron chi connectivity index (χ1n) is 13.3. The summed E-state index contributed by atoms with van der Waals surface area (Å²) in [5, 5.41) is 3.83. The van der Waals surface area contributed by atoms with E-state index in [1.54, 1.807) is 23.9 Å². The number of hydrogen-bond donors (Lipinski definition) is 0. The lowest BCUT2D eigenvalue weighted by Gasteiger charge is -2.39. The Labute approximate surface area is 229 Å². The van der Waals surface area contributed by atoms with Gasteiger partial charge >= 0.3 is 5.97 Å². The van der Waals surface area contributed by atoms with Gasteiger partial charge in [-0.25, -0.2) is 4.79 Å². The number of Topliss-reactive ketones (excluding diaryl/α,β-unsaturated/α-hetero) is 2. The molecule has 0 spiro atoms. The van der Waals surface area contributed by atoms with Gasteiger partial charge in [0.15, 0.2) is 5.78 Å². The zero-order chi connectivity index (χ0) is 27.5. The van der Waals surface area contributed by atoms with Crippen molar-refractivity contribution >= 4 is 35.0 Å². The van der Waals surface area contributed by atoms with Crippen LogP contribution in [0.25, 0.3) is 0 Å². The van der Waals surface area contributed by atoms with Gasteiger partial charge in [-0.05, 0) is 63.1 Å². The number of rotatable bonds is 13. The third-order valence-corrected chi connectivity index (χ3v) is 7.66. The molecule has 204 valence electrons. The van der Waals surface area contributed by atoms with Crippen molar-refractivity contribution < 1.29 is 24.0 Å². The first-order valence-corrected chi connectivity index (χ1v) is 14.1. The average Bonchev–Trinajstić information content (AvgIpc) is 2.93. The maximum absolute atomic E-state index is 13.2. The number of ether oxygens (including phenoxy) is 1. The van der Waals surface area contributed by atoms with E-state index in [2.05, 4.69) is 17.0 Å². The Kier molecular flexibility index (Phi) is 11.2. The van der Waals surface area contributed by atoms with Gasteiger partial charge < -0.3 is 9.57 Å². The molecule has 3 rings (SSSR count). The molecule has 0 atom stereocenters. The van der Waals surface area contributed by atoms with Crippen molar-refractivity contribution in [1.29, 1.82) is 0 Å². The second kappa shape index (κ2) is 14.4. The molecule has 38 heavy (non-hydrogen) atoms. The number of nitrogens with zero attached hydrogens (tertiary/aromatic N) is 2. The van der Waals surface area contributed by atoms with E-state index in [9.17, 15) is 14.4 Å². The van der Waals surface area contributed by atoms with Crippen molar-refractivity contribution in [3.63, 3.8) is 0 Å². The molecule has 1 aliphatic rings. The Morgan fingerprint density at radius 2 is 1.50 bits per heavy atom. The maximum Gasteiger partial charge on any atom is 0.331 e. The molecule has 1 fully saturated rings. The minimum absolute atomic E-state index is 0.0970. The molecule has 2 aromatic rings. The lowest BCUT2D eigenvalue weighted by molar-refractivity contribution is -0.140. The van der Waals surface area contributed by atoms with Crippen molar-refractivity contribution in [3.05, 3.63) is 59.7 Å². The lowest BCUT2D eigenvalue weighted by atomic mass is 9.91. The van der Waals surface area contributed by atoms with Crippen LogP contribution in [-0.4, -0.2) is 60.0 Å². The third-order valence-electron chi connectivity index (χ3n) is 6.64. The molecule has 0 bridgehead atoms. The maximum atomic E-state index is 13.2. The zero-order valence-electron chi connectivity index (χ0n) is 22.8. The summed E-state index contributed by atoms with van der Waals surface area (Å²) in [5.74, 6) is -0.683. The molecule has 2 aromatic carbocycles. The van der Waals surface area contributed by atoms with Crippen LogP contribution in [0.4, 0.5) is 0 Å². The van der Waals surface area contributed by atoms with E-state index in [1.807, 2.05) is 50.2 Å². The number of carbonyl (C=O) groups is 3. The Bertz CT molecular complexity index is 1120. The summed E-state index contributed by atoms with van der Waals surface area (Å²) in [5.41, 5.74) is 0.860. The highest BCUT2D eigenvalue weighted by Crippen LogP contribution is 2.29. The highest BCUT2D eigenvalue weighted by Gasteiger charge is 2.35. The number of unbranched alkanes of at least 4 members (excludes halogenated alkanes) is 3. The zero-order valence-corrected chi connectivity index (χ0v) is 23.6. The Hall–Kier alpha value is -2.81. The molecule has 0 aromatic heterocycles. The summed E-state index contributed by atoms with van der Waals surface area (Å²) in [6, 6.07) is 15.0. The van der Waals surface area contributed by atoms with Crippen LogP contribution in [0.2, 0.25) is 0 Å². The van der Waals surface area contributed by atoms with Crippen LogP contribution in [0.15, 0.2) is 63.5 Å². The van der Waals surface area contributed by atoms with Gasteiger partial charge in [0.05, 0.1) is 18.8 Å². The minimum atomic E-state index is -0.589. The predicted molar refractivity (Wildman–Crippen MR) is 150 cm³/mol. The number of hydrogen-bond acceptors (Lipinski definition) is 8. The number of benzene rings is 2. The molecule has 0 N–H and O–H groups in total. The van der Waals surface area contributed by atoms with Crippen molar-refractivity contribution in [2.45, 2.75) is 75.1 Å². The molecule has 1 aliphatic heterocycles. The summed E-state index contributed by atoms with van der Waals surface area (Å²) >= 11 is 1.56. The monoisotopic (exact) mass is 538 g/mol. The van der Waals surface area contributed by atoms with Crippen molar-refractivity contribution in [2.75, 3.05) is 26.3 Å². The standard InChI is InChI=1S/C30H38N2O5S/c1-5-6-7-8-9-27(31-37-22(2)33)28(34)23-10-14-25(15-11-23)38-26-16-12-24(13-17-26)29(35)30(3,4)32-18-20-36-21-19-32/h10-17H,5-9,18-21H2,1-4H3/b31-27+. The smallest absolute Gasteiger partial charge is 0.331 e. The fourth-order valence-electron chi connectivity index (χ4n) is 4.31. The molecule has 1 heterocycles. The topological polar surface area (TPSA) is 85.3 Å². The number of oxime groups is 1. The molecular formula is C30H38N2O5S. The normalized spacial score (nSPS) is 14.8. The van der Waals surface area contributed by atoms with Crippen LogP contribution in [0.5, 0.6) is 0 Å². The van der Waals surface area contributed by atoms with E-state index in [-0.39, 0.29) is 17.3 Å². The van der Waals surface area contributed by atoms with Gasteiger partial charge in [0.25, 0.3) is 0 Å². The van der Waals surface area contributed by atoms with E-state index in [0.717, 1.165) is 48.6 Å². The molecule has 0 unspecified atom stereocenters. The minimum Gasteiger partial charge on any atom is -0.379 e. The highest BCUT2D eigenvalue weighted by molar-refractivity contribution is 7.99. The first kappa shape index (κ1) is 29.7. The second-order valence-corrected chi connectivity index (χ2v) is 11.0. The highest BCUT2D eigenvalue weighted by atomic mass is 32.2. The van der Waals surface area contributed by atoms with Gasteiger partial charge in [0, 0.05) is 40.9 Å². The summed E-state index contributed by atoms with van der Waals surface area (Å²) in [4.78, 5) is 46.4. The van der Waals surface area contributed by atoms with Gasteiger partial charge in [-0.2, -0.15) is 0 Å². The molecule has 0 amide bonds. The quantitative estimate of drug-likeness (QED) is 0.0986. The number of ketones is 2. The van der Waals surface area contributed by atoms with Gasteiger partial charge in [-0.15, -0.1) is 0 Å². The molecule has 7 nitrogen and oxygen atoms in total. The van der Waals surface area contributed by atoms with Crippen LogP contribution >= 0.6 is 11.8 Å². The summed E-state index contributed by atoms with van der Waals surface area (Å²) in [7, 11) is 0. The predicted octanol–water partition coefficient (Wildman–Crippen LogP) is 6.20. The van der Waals surface area contributed by atoms with Gasteiger partial charge in [-0.3, -0.25) is 14.5 Å². The fourth-order valence-corrected chi connectivity index (χ4v) is 5.13. The van der Waals surface area contributed by atoms with Gasteiger partial charge in [0.2, 0.25) is 5.78 Å². The molecular weight excluding hydrogens is 500 g/mol. The largest absolute Gasteiger partial charge is 0.379 e. The van der Waals surface area contributed by atoms with Crippen molar-refractivity contribution in [1.82, 2.24) is 4.90 Å². The van der Waals surface area contributed by atoms with Crippen molar-refractivity contribution in [3.8, 4) is 0 Å². The lowest BCUT2D eigenvalue weighted by Crippen LogP contribution is -2.54. The Morgan fingerprint density at radius 1 is 0.921 bits per heavy atom. The van der Waals surface area contributed by atoms with Crippen LogP contribution in [0, 0.1) is 0 Å². The second-order valence-electron chi connectivity index (χ2n) is 9.90. The van der Waals surface area contributed by atoms with E-state index in [1.165, 1.54) is 6.92 Å². The van der Waals surface area contributed by atoms with Crippen LogP contribution in [-0.2, 0) is 14.4 Å². The van der Waals surface area contributed by atoms with E-state index in [4.69, 9.17) is 9.57 Å². The van der Waals surface area contributed by atoms with Gasteiger partial charge in [-0.1, -0.05) is 55.2 Å². The van der Waals surface area contributed by atoms with Crippen LogP contribution < -0.4 is 0 Å². The molecule has 0 saturated carbocycles. The summed E-state index contributed by atoms with van der Waals surface area (Å²) < 4.78 is 5.43. The Balaban J connectivity index is 1.63. The van der Waals surface area contributed by atoms with E-state index < -0.39 is 11.5 Å². The third kappa shape index (κ3) is 8.35. The van der Waals surface area contributed by atoms with Crippen LogP contribution in [0.3, 0.4) is 0 Å². The fraction of sp³-hybridized carbons (Fsp3) is 0.467. The average molecular weight is 539 g/mol. The number of carbonyl (C=O) groups excluding carboxylic acids is 3. The molecule has 0 aliphatic carbocycles. The summed E-state index contributed by atoms with van der Waals surface area (Å²) in [6.07, 6.45) is 4.45. The first-order chi connectivity index (χ1) is 18.2. The van der Waals surface area contributed by atoms with Gasteiger partial charge in [0.1, 0.15) is 5.71 Å². The van der Waals surface area contributed by atoms with E-state index in [0.29, 0.717) is 30.8 Å². The molecule has 8 heteroatoms. The van der Waals surface area contributed by atoms with Crippen LogP contribution in [0.1, 0.15) is 80.5 Å². The summed E-state index contributed by atoms with van der Waals surface area (Å²) in [6.45, 7) is 10.1. The number of morpholine rings is 1.